The lowest BCUT2D eigenvalue weighted by Crippen LogP contribution is -2.25. The zero-order valence-corrected chi connectivity index (χ0v) is 17.7. The van der Waals surface area contributed by atoms with Crippen LogP contribution in [0, 0.1) is 6.92 Å². The van der Waals surface area contributed by atoms with E-state index in [2.05, 4.69) is 6.92 Å². The molecule has 0 saturated heterocycles. The molecular formula is C25H27NO4. The molecule has 0 aliphatic carbocycles. The fourth-order valence-electron chi connectivity index (χ4n) is 4.06. The van der Waals surface area contributed by atoms with Gasteiger partial charge in [-0.1, -0.05) is 49.9 Å². The summed E-state index contributed by atoms with van der Waals surface area (Å²) in [4.78, 5) is 27.7. The number of hydrogen-bond acceptors (Lipinski definition) is 4. The lowest BCUT2D eigenvalue weighted by molar-refractivity contribution is 0.0771. The maximum Gasteiger partial charge on any atom is 0.290 e. The van der Waals surface area contributed by atoms with Crippen LogP contribution >= 0.6 is 0 Å². The Bertz CT molecular complexity index is 1130. The van der Waals surface area contributed by atoms with Gasteiger partial charge in [0.2, 0.25) is 5.76 Å². The molecule has 5 heteroatoms. The van der Waals surface area contributed by atoms with Crippen molar-refractivity contribution in [2.75, 3.05) is 13.7 Å². The van der Waals surface area contributed by atoms with Gasteiger partial charge in [-0.05, 0) is 43.2 Å². The normalized spacial score (nSPS) is 15.6. The van der Waals surface area contributed by atoms with Crippen molar-refractivity contribution in [2.45, 2.75) is 45.6 Å². The first-order valence-electron chi connectivity index (χ1n) is 10.6. The Kier molecular flexibility index (Phi) is 5.62. The second-order valence-electron chi connectivity index (χ2n) is 7.97. The third-order valence-corrected chi connectivity index (χ3v) is 5.72. The number of carbonyl (C=O) groups is 1. The summed E-state index contributed by atoms with van der Waals surface area (Å²) in [6.45, 7) is 4.81. The van der Waals surface area contributed by atoms with Crippen LogP contribution < -0.4 is 10.2 Å². The monoisotopic (exact) mass is 405 g/mol. The summed E-state index contributed by atoms with van der Waals surface area (Å²) in [5.74, 6) is 0.662. The van der Waals surface area contributed by atoms with Gasteiger partial charge in [-0.25, -0.2) is 0 Å². The molecule has 2 aromatic carbocycles. The first-order valence-corrected chi connectivity index (χ1v) is 10.6. The molecule has 1 aromatic heterocycles. The van der Waals surface area contributed by atoms with Gasteiger partial charge >= 0.3 is 0 Å². The third-order valence-electron chi connectivity index (χ3n) is 5.72. The standard InChI is InChI=1S/C25H27NO4/c1-4-5-6-7-14-29-18-11-9-17(10-12-18)22-21-23(27)19-15-16(2)8-13-20(19)30-24(21)25(28)26(22)3/h8-13,15,22H,4-7,14H2,1-3H3. The number of unbranched alkanes of at least 4 members (excludes halogenated alkanes) is 3. The average molecular weight is 405 g/mol. The molecule has 2 heterocycles. The van der Waals surface area contributed by atoms with Crippen molar-refractivity contribution < 1.29 is 13.9 Å². The molecule has 156 valence electrons. The van der Waals surface area contributed by atoms with E-state index in [1.165, 1.54) is 19.3 Å². The van der Waals surface area contributed by atoms with E-state index in [9.17, 15) is 9.59 Å². The van der Waals surface area contributed by atoms with Crippen molar-refractivity contribution in [3.8, 4) is 5.75 Å². The lowest BCUT2D eigenvalue weighted by atomic mass is 9.98. The molecule has 5 nitrogen and oxygen atoms in total. The Morgan fingerprint density at radius 1 is 1.03 bits per heavy atom. The average Bonchev–Trinajstić information content (AvgIpc) is 3.00. The summed E-state index contributed by atoms with van der Waals surface area (Å²) in [6, 6.07) is 12.6. The van der Waals surface area contributed by atoms with E-state index in [0.717, 1.165) is 23.3 Å². The molecule has 1 atom stereocenters. The Labute approximate surface area is 176 Å². The van der Waals surface area contributed by atoms with Crippen molar-refractivity contribution in [1.29, 1.82) is 0 Å². The molecule has 0 N–H and O–H groups in total. The number of rotatable bonds is 7. The van der Waals surface area contributed by atoms with Crippen LogP contribution in [0.2, 0.25) is 0 Å². The van der Waals surface area contributed by atoms with E-state index >= 15 is 0 Å². The van der Waals surface area contributed by atoms with Crippen LogP contribution in [0.4, 0.5) is 0 Å². The van der Waals surface area contributed by atoms with Crippen molar-refractivity contribution >= 4 is 16.9 Å². The van der Waals surface area contributed by atoms with E-state index in [4.69, 9.17) is 9.15 Å². The molecular weight excluding hydrogens is 378 g/mol. The van der Waals surface area contributed by atoms with Crippen LogP contribution in [0.25, 0.3) is 11.0 Å². The third kappa shape index (κ3) is 3.60. The molecule has 3 aromatic rings. The molecule has 1 aliphatic heterocycles. The van der Waals surface area contributed by atoms with Gasteiger partial charge in [-0.3, -0.25) is 9.59 Å². The topological polar surface area (TPSA) is 59.8 Å². The summed E-state index contributed by atoms with van der Waals surface area (Å²) in [5.41, 5.74) is 2.55. The molecule has 4 rings (SSSR count). The van der Waals surface area contributed by atoms with Crippen LogP contribution in [-0.2, 0) is 0 Å². The molecule has 0 spiro atoms. The van der Waals surface area contributed by atoms with Crippen LogP contribution in [0.3, 0.4) is 0 Å². The highest BCUT2D eigenvalue weighted by atomic mass is 16.5. The number of aryl methyl sites for hydroxylation is 1. The van der Waals surface area contributed by atoms with E-state index in [1.807, 2.05) is 43.3 Å². The van der Waals surface area contributed by atoms with Gasteiger partial charge in [0, 0.05) is 7.05 Å². The smallest absolute Gasteiger partial charge is 0.290 e. The molecule has 1 aliphatic rings. The van der Waals surface area contributed by atoms with E-state index < -0.39 is 6.04 Å². The predicted molar refractivity (Wildman–Crippen MR) is 117 cm³/mol. The van der Waals surface area contributed by atoms with Crippen LogP contribution in [-0.4, -0.2) is 24.5 Å². The van der Waals surface area contributed by atoms with Crippen molar-refractivity contribution in [3.05, 3.63) is 75.1 Å². The van der Waals surface area contributed by atoms with Gasteiger partial charge in [0.1, 0.15) is 11.3 Å². The minimum Gasteiger partial charge on any atom is -0.494 e. The van der Waals surface area contributed by atoms with Crippen LogP contribution in [0.5, 0.6) is 5.75 Å². The number of amides is 1. The van der Waals surface area contributed by atoms with Gasteiger partial charge in [-0.2, -0.15) is 0 Å². The highest BCUT2D eigenvalue weighted by molar-refractivity contribution is 5.98. The maximum atomic E-state index is 13.3. The van der Waals surface area contributed by atoms with E-state index in [-0.39, 0.29) is 17.1 Å². The Morgan fingerprint density at radius 2 is 1.80 bits per heavy atom. The summed E-state index contributed by atoms with van der Waals surface area (Å²) < 4.78 is 11.7. The Hall–Kier alpha value is -3.08. The zero-order valence-electron chi connectivity index (χ0n) is 17.7. The maximum absolute atomic E-state index is 13.3. The van der Waals surface area contributed by atoms with Gasteiger partial charge in [0.15, 0.2) is 5.43 Å². The highest BCUT2D eigenvalue weighted by Gasteiger charge is 2.40. The Morgan fingerprint density at radius 3 is 2.53 bits per heavy atom. The lowest BCUT2D eigenvalue weighted by Gasteiger charge is -2.20. The fraction of sp³-hybridized carbons (Fsp3) is 0.360. The van der Waals surface area contributed by atoms with Crippen molar-refractivity contribution in [1.82, 2.24) is 4.90 Å². The quantitative estimate of drug-likeness (QED) is 0.505. The molecule has 1 unspecified atom stereocenters. The first kappa shape index (κ1) is 20.2. The first-order chi connectivity index (χ1) is 14.5. The minimum atomic E-state index is -0.465. The van der Waals surface area contributed by atoms with E-state index in [1.54, 1.807) is 18.0 Å². The van der Waals surface area contributed by atoms with Crippen molar-refractivity contribution in [2.24, 2.45) is 0 Å². The number of hydrogen-bond donors (Lipinski definition) is 0. The number of nitrogens with zero attached hydrogens (tertiary/aromatic N) is 1. The highest BCUT2D eigenvalue weighted by Crippen LogP contribution is 2.37. The van der Waals surface area contributed by atoms with Gasteiger partial charge in [0.05, 0.1) is 23.6 Å². The number of carbonyl (C=O) groups excluding carboxylic acids is 1. The molecule has 1 amide bonds. The van der Waals surface area contributed by atoms with Crippen LogP contribution in [0.15, 0.2) is 51.7 Å². The van der Waals surface area contributed by atoms with Crippen LogP contribution in [0.1, 0.15) is 65.9 Å². The molecule has 0 fully saturated rings. The van der Waals surface area contributed by atoms with Gasteiger partial charge in [0.25, 0.3) is 5.91 Å². The summed E-state index contributed by atoms with van der Waals surface area (Å²) in [5, 5.41) is 0.508. The zero-order chi connectivity index (χ0) is 21.3. The summed E-state index contributed by atoms with van der Waals surface area (Å²) in [6.07, 6.45) is 4.63. The molecule has 30 heavy (non-hydrogen) atoms. The number of benzene rings is 2. The summed E-state index contributed by atoms with van der Waals surface area (Å²) in [7, 11) is 1.70. The summed E-state index contributed by atoms with van der Waals surface area (Å²) >= 11 is 0. The predicted octanol–water partition coefficient (Wildman–Crippen LogP) is 5.24. The van der Waals surface area contributed by atoms with Gasteiger partial charge < -0.3 is 14.1 Å². The molecule has 0 radical (unpaired) electrons. The Balaban J connectivity index is 1.64. The molecule has 0 saturated carbocycles. The van der Waals surface area contributed by atoms with Gasteiger partial charge in [-0.15, -0.1) is 0 Å². The fourth-order valence-corrected chi connectivity index (χ4v) is 4.06. The number of ether oxygens (including phenoxy) is 1. The molecule has 0 bridgehead atoms. The second-order valence-corrected chi connectivity index (χ2v) is 7.97. The SMILES string of the molecule is CCCCCCOc1ccc(C2c3c(oc4ccc(C)cc4c3=O)C(=O)N2C)cc1. The van der Waals surface area contributed by atoms with E-state index in [0.29, 0.717) is 23.1 Å². The van der Waals surface area contributed by atoms with Crippen molar-refractivity contribution in [3.63, 3.8) is 0 Å². The largest absolute Gasteiger partial charge is 0.494 e. The second kappa shape index (κ2) is 8.34. The number of fused-ring (bicyclic) bond motifs is 2. The minimum absolute atomic E-state index is 0.139.